The van der Waals surface area contributed by atoms with Crippen LogP contribution in [0.4, 0.5) is 0 Å². The molecule has 26 heavy (non-hydrogen) atoms. The number of hydrogen-bond acceptors (Lipinski definition) is 5. The van der Waals surface area contributed by atoms with E-state index in [0.717, 1.165) is 6.29 Å². The Morgan fingerprint density at radius 3 is 2.69 bits per heavy atom. The third-order valence-electron chi connectivity index (χ3n) is 3.96. The maximum Gasteiger partial charge on any atom is 0.275 e. The molecule has 0 saturated carbocycles. The molecule has 6 nitrogen and oxygen atoms in total. The molecule has 130 valence electrons. The fraction of sp³-hybridized carbons (Fsp3) is 0.111. The third-order valence-corrected chi connectivity index (χ3v) is 4.46. The summed E-state index contributed by atoms with van der Waals surface area (Å²) in [5.74, 6) is 0.270. The normalized spacial score (nSPS) is 11.3. The minimum absolute atomic E-state index is 0.0121. The largest absolute Gasteiger partial charge is 0.437 e. The first-order chi connectivity index (χ1) is 12.6. The van der Waals surface area contributed by atoms with Gasteiger partial charge in [0.15, 0.2) is 5.58 Å². The second kappa shape index (κ2) is 6.55. The van der Waals surface area contributed by atoms with Crippen LogP contribution in [0.15, 0.2) is 45.6 Å². The van der Waals surface area contributed by atoms with E-state index in [0.29, 0.717) is 37.6 Å². The van der Waals surface area contributed by atoms with Crippen molar-refractivity contribution in [2.45, 2.75) is 13.0 Å². The van der Waals surface area contributed by atoms with Gasteiger partial charge in [-0.3, -0.25) is 4.79 Å². The van der Waals surface area contributed by atoms with E-state index in [1.165, 1.54) is 4.68 Å². The van der Waals surface area contributed by atoms with Crippen LogP contribution in [0.2, 0.25) is 10.0 Å². The molecule has 0 fully saturated rings. The third kappa shape index (κ3) is 2.87. The second-order valence-electron chi connectivity index (χ2n) is 5.67. The van der Waals surface area contributed by atoms with Gasteiger partial charge >= 0.3 is 0 Å². The molecule has 0 amide bonds. The lowest BCUT2D eigenvalue weighted by Crippen LogP contribution is -2.25. The van der Waals surface area contributed by atoms with Gasteiger partial charge in [0.05, 0.1) is 16.1 Å². The minimum atomic E-state index is -0.290. The van der Waals surface area contributed by atoms with E-state index in [2.05, 4.69) is 10.1 Å². The average molecular weight is 388 g/mol. The number of oxazole rings is 1. The van der Waals surface area contributed by atoms with Crippen LogP contribution in [0.25, 0.3) is 21.9 Å². The van der Waals surface area contributed by atoms with Gasteiger partial charge in [-0.2, -0.15) is 5.10 Å². The molecule has 2 aromatic heterocycles. The molecule has 0 aliphatic heterocycles. The Morgan fingerprint density at radius 1 is 1.15 bits per heavy atom. The molecular formula is C18H11Cl2N3O3. The summed E-state index contributed by atoms with van der Waals surface area (Å²) >= 11 is 12.1. The number of aldehydes is 1. The lowest BCUT2D eigenvalue weighted by Gasteiger charge is -2.08. The zero-order chi connectivity index (χ0) is 18.3. The Labute approximate surface area is 157 Å². The maximum atomic E-state index is 12.7. The molecule has 0 saturated heterocycles. The van der Waals surface area contributed by atoms with Crippen molar-refractivity contribution in [3.05, 3.63) is 68.4 Å². The average Bonchev–Trinajstić information content (AvgIpc) is 3.02. The van der Waals surface area contributed by atoms with Crippen LogP contribution in [0.1, 0.15) is 11.6 Å². The summed E-state index contributed by atoms with van der Waals surface area (Å²) in [7, 11) is 0. The summed E-state index contributed by atoms with van der Waals surface area (Å²) in [6.45, 7) is 0.0121. The summed E-state index contributed by atoms with van der Waals surface area (Å²) in [5, 5.41) is 6.23. The van der Waals surface area contributed by atoms with Crippen molar-refractivity contribution in [3.8, 4) is 0 Å². The fourth-order valence-corrected chi connectivity index (χ4v) is 3.36. The van der Waals surface area contributed by atoms with Gasteiger partial charge in [-0.1, -0.05) is 41.4 Å². The lowest BCUT2D eigenvalue weighted by atomic mass is 10.1. The number of fused-ring (bicyclic) bond motifs is 2. The smallest absolute Gasteiger partial charge is 0.275 e. The lowest BCUT2D eigenvalue weighted by molar-refractivity contribution is -0.107. The Kier molecular flexibility index (Phi) is 4.22. The highest BCUT2D eigenvalue weighted by Crippen LogP contribution is 2.28. The van der Waals surface area contributed by atoms with Gasteiger partial charge in [0.2, 0.25) is 5.89 Å². The van der Waals surface area contributed by atoms with Crippen LogP contribution in [-0.2, 0) is 17.8 Å². The molecule has 0 aliphatic carbocycles. The summed E-state index contributed by atoms with van der Waals surface area (Å²) in [4.78, 5) is 28.0. The van der Waals surface area contributed by atoms with Gasteiger partial charge in [0.25, 0.3) is 5.56 Å². The van der Waals surface area contributed by atoms with Gasteiger partial charge in [-0.15, -0.1) is 0 Å². The Morgan fingerprint density at radius 2 is 1.92 bits per heavy atom. The molecule has 0 radical (unpaired) electrons. The first kappa shape index (κ1) is 16.8. The van der Waals surface area contributed by atoms with Crippen molar-refractivity contribution in [2.24, 2.45) is 0 Å². The predicted octanol–water partition coefficient (Wildman–Crippen LogP) is 3.63. The number of hydrogen-bond donors (Lipinski definition) is 0. The number of carbonyl (C=O) groups excluding carboxylic acids is 1. The zero-order valence-corrected chi connectivity index (χ0v) is 14.8. The first-order valence-corrected chi connectivity index (χ1v) is 8.49. The fourth-order valence-electron chi connectivity index (χ4n) is 2.84. The number of nitrogens with zero attached hydrogens (tertiary/aromatic N) is 3. The van der Waals surface area contributed by atoms with Gasteiger partial charge in [0.1, 0.15) is 18.3 Å². The maximum absolute atomic E-state index is 12.7. The summed E-state index contributed by atoms with van der Waals surface area (Å²) in [5.41, 5.74) is 1.13. The first-order valence-electron chi connectivity index (χ1n) is 7.73. The van der Waals surface area contributed by atoms with E-state index in [1.807, 2.05) is 0 Å². The van der Waals surface area contributed by atoms with Gasteiger partial charge in [-0.05, 0) is 18.2 Å². The van der Waals surface area contributed by atoms with Crippen molar-refractivity contribution in [1.29, 1.82) is 0 Å². The number of benzene rings is 2. The molecule has 0 aliphatic rings. The molecule has 2 heterocycles. The molecule has 0 bridgehead atoms. The second-order valence-corrected chi connectivity index (χ2v) is 6.51. The molecular weight excluding hydrogens is 377 g/mol. The number of rotatable bonds is 4. The van der Waals surface area contributed by atoms with E-state index in [1.54, 1.807) is 36.4 Å². The van der Waals surface area contributed by atoms with E-state index >= 15 is 0 Å². The molecule has 8 heteroatoms. The molecule has 2 aromatic carbocycles. The Balaban J connectivity index is 1.85. The SMILES string of the molecule is O=CCc1nn(Cc2nc3cc(Cl)cc(Cl)c3o2)c(=O)c2ccccc12. The number of carbonyl (C=O) groups is 1. The minimum Gasteiger partial charge on any atom is -0.437 e. The van der Waals surface area contributed by atoms with E-state index in [4.69, 9.17) is 27.6 Å². The van der Waals surface area contributed by atoms with Crippen molar-refractivity contribution in [2.75, 3.05) is 0 Å². The van der Waals surface area contributed by atoms with Crippen LogP contribution in [0.3, 0.4) is 0 Å². The monoisotopic (exact) mass is 387 g/mol. The molecule has 0 spiro atoms. The van der Waals surface area contributed by atoms with E-state index in [-0.39, 0.29) is 24.4 Å². The highest BCUT2D eigenvalue weighted by Gasteiger charge is 2.15. The summed E-state index contributed by atoms with van der Waals surface area (Å²) in [6, 6.07) is 10.2. The highest BCUT2D eigenvalue weighted by atomic mass is 35.5. The van der Waals surface area contributed by atoms with Crippen molar-refractivity contribution >= 4 is 51.4 Å². The zero-order valence-electron chi connectivity index (χ0n) is 13.3. The Hall–Kier alpha value is -2.70. The van der Waals surface area contributed by atoms with Crippen molar-refractivity contribution in [1.82, 2.24) is 14.8 Å². The van der Waals surface area contributed by atoms with Gasteiger partial charge in [-0.25, -0.2) is 9.67 Å². The van der Waals surface area contributed by atoms with E-state index in [9.17, 15) is 9.59 Å². The quantitative estimate of drug-likeness (QED) is 0.499. The molecule has 4 aromatic rings. The molecule has 0 unspecified atom stereocenters. The highest BCUT2D eigenvalue weighted by molar-refractivity contribution is 6.37. The van der Waals surface area contributed by atoms with Crippen LogP contribution in [0.5, 0.6) is 0 Å². The summed E-state index contributed by atoms with van der Waals surface area (Å²) < 4.78 is 6.89. The van der Waals surface area contributed by atoms with Gasteiger partial charge in [0, 0.05) is 16.8 Å². The predicted molar refractivity (Wildman–Crippen MR) is 98.9 cm³/mol. The van der Waals surface area contributed by atoms with Crippen LogP contribution >= 0.6 is 23.2 Å². The molecule has 4 rings (SSSR count). The van der Waals surface area contributed by atoms with E-state index < -0.39 is 0 Å². The number of aromatic nitrogens is 3. The van der Waals surface area contributed by atoms with Crippen molar-refractivity contribution < 1.29 is 9.21 Å². The molecule has 0 atom stereocenters. The standard InChI is InChI=1S/C18H11Cl2N3O3/c19-10-7-13(20)17-15(8-10)21-16(26-17)9-23-18(25)12-4-2-1-3-11(12)14(22-23)5-6-24/h1-4,6-8H,5,9H2. The van der Waals surface area contributed by atoms with Crippen molar-refractivity contribution in [3.63, 3.8) is 0 Å². The van der Waals surface area contributed by atoms with Crippen LogP contribution in [0, 0.1) is 0 Å². The topological polar surface area (TPSA) is 78.0 Å². The summed E-state index contributed by atoms with van der Waals surface area (Å²) in [6.07, 6.45) is 0.862. The molecule has 0 N–H and O–H groups in total. The Bertz CT molecular complexity index is 1210. The number of halogens is 2. The van der Waals surface area contributed by atoms with Crippen LogP contribution < -0.4 is 5.56 Å². The van der Waals surface area contributed by atoms with Crippen LogP contribution in [-0.4, -0.2) is 21.1 Å². The van der Waals surface area contributed by atoms with Gasteiger partial charge < -0.3 is 9.21 Å².